The first-order chi connectivity index (χ1) is 6.57. The van der Waals surface area contributed by atoms with Crippen molar-refractivity contribution in [1.29, 1.82) is 0 Å². The van der Waals surface area contributed by atoms with Crippen LogP contribution in [0, 0.1) is 0 Å². The molecule has 2 aliphatic heterocycles. The van der Waals surface area contributed by atoms with Gasteiger partial charge in [-0.2, -0.15) is 0 Å². The van der Waals surface area contributed by atoms with Gasteiger partial charge in [-0.15, -0.1) is 0 Å². The van der Waals surface area contributed by atoms with Crippen LogP contribution in [0.1, 0.15) is 6.42 Å². The van der Waals surface area contributed by atoms with E-state index < -0.39 is 15.9 Å². The fourth-order valence-electron chi connectivity index (χ4n) is 1.96. The van der Waals surface area contributed by atoms with Crippen LogP contribution in [-0.4, -0.2) is 56.4 Å². The lowest BCUT2D eigenvalue weighted by Gasteiger charge is -2.18. The van der Waals surface area contributed by atoms with E-state index in [1.54, 1.807) is 0 Å². The van der Waals surface area contributed by atoms with Crippen LogP contribution in [0.25, 0.3) is 0 Å². The highest BCUT2D eigenvalue weighted by Gasteiger charge is 2.37. The molecule has 0 spiro atoms. The Morgan fingerprint density at radius 1 is 1.36 bits per heavy atom. The van der Waals surface area contributed by atoms with E-state index in [9.17, 15) is 13.5 Å². The van der Waals surface area contributed by atoms with Crippen LogP contribution in [0.3, 0.4) is 0 Å². The van der Waals surface area contributed by atoms with Crippen LogP contribution >= 0.6 is 0 Å². The fraction of sp³-hybridized carbons (Fsp3) is 1.00. The maximum atomic E-state index is 11.2. The minimum absolute atomic E-state index is 0.0463. The van der Waals surface area contributed by atoms with Crippen LogP contribution in [0.4, 0.5) is 0 Å². The number of aliphatic hydroxyl groups is 1. The molecule has 2 fully saturated rings. The summed E-state index contributed by atoms with van der Waals surface area (Å²) in [4.78, 5) is 0. The Hall–Kier alpha value is -0.170. The SMILES string of the molecule is O=S1(=O)CC(O)C(NC2CCOC2)C1. The number of aliphatic hydroxyl groups excluding tert-OH is 1. The van der Waals surface area contributed by atoms with Crippen molar-refractivity contribution in [2.75, 3.05) is 24.7 Å². The van der Waals surface area contributed by atoms with Crippen LogP contribution in [0.2, 0.25) is 0 Å². The van der Waals surface area contributed by atoms with Crippen molar-refractivity contribution >= 4 is 9.84 Å². The predicted molar refractivity (Wildman–Crippen MR) is 50.8 cm³/mol. The molecule has 14 heavy (non-hydrogen) atoms. The van der Waals surface area contributed by atoms with Crippen LogP contribution in [0.5, 0.6) is 0 Å². The van der Waals surface area contributed by atoms with Crippen molar-refractivity contribution in [1.82, 2.24) is 5.32 Å². The van der Waals surface area contributed by atoms with Gasteiger partial charge in [0.1, 0.15) is 0 Å². The molecule has 2 N–H and O–H groups in total. The van der Waals surface area contributed by atoms with Gasteiger partial charge < -0.3 is 15.2 Å². The zero-order chi connectivity index (χ0) is 10.2. The summed E-state index contributed by atoms with van der Waals surface area (Å²) < 4.78 is 27.5. The molecule has 6 heteroatoms. The van der Waals surface area contributed by atoms with E-state index in [1.165, 1.54) is 0 Å². The van der Waals surface area contributed by atoms with Crippen molar-refractivity contribution in [3.63, 3.8) is 0 Å². The predicted octanol–water partition coefficient (Wildman–Crippen LogP) is -1.48. The standard InChI is InChI=1S/C8H15NO4S/c10-8-5-14(11,12)4-7(8)9-6-1-2-13-3-6/h6-10H,1-5H2. The molecule has 0 saturated carbocycles. The summed E-state index contributed by atoms with van der Waals surface area (Å²) in [5, 5.41) is 12.6. The van der Waals surface area contributed by atoms with Crippen molar-refractivity contribution < 1.29 is 18.3 Å². The third kappa shape index (κ3) is 2.25. The topological polar surface area (TPSA) is 75.6 Å². The second-order valence-corrected chi connectivity index (χ2v) is 6.13. The highest BCUT2D eigenvalue weighted by atomic mass is 32.2. The van der Waals surface area contributed by atoms with Crippen molar-refractivity contribution in [2.24, 2.45) is 0 Å². The monoisotopic (exact) mass is 221 g/mol. The second-order valence-electron chi connectivity index (χ2n) is 3.98. The molecular weight excluding hydrogens is 206 g/mol. The summed E-state index contributed by atoms with van der Waals surface area (Å²) in [6.45, 7) is 1.33. The van der Waals surface area contributed by atoms with Crippen LogP contribution < -0.4 is 5.32 Å². The highest BCUT2D eigenvalue weighted by Crippen LogP contribution is 2.15. The van der Waals surface area contributed by atoms with Gasteiger partial charge in [0.15, 0.2) is 9.84 Å². The van der Waals surface area contributed by atoms with Crippen molar-refractivity contribution in [3.8, 4) is 0 Å². The summed E-state index contributed by atoms with van der Waals surface area (Å²) in [5.41, 5.74) is 0. The number of hydrogen-bond acceptors (Lipinski definition) is 5. The van der Waals surface area contributed by atoms with Crippen LogP contribution in [0.15, 0.2) is 0 Å². The lowest BCUT2D eigenvalue weighted by Crippen LogP contribution is -2.45. The summed E-state index contributed by atoms with van der Waals surface area (Å²) in [7, 11) is -3.04. The van der Waals surface area contributed by atoms with Gasteiger partial charge in [0.25, 0.3) is 0 Å². The first-order valence-corrected chi connectivity index (χ1v) is 6.61. The molecule has 0 amide bonds. The quantitative estimate of drug-likeness (QED) is 0.595. The fourth-order valence-corrected chi connectivity index (χ4v) is 3.71. The zero-order valence-corrected chi connectivity index (χ0v) is 8.66. The zero-order valence-electron chi connectivity index (χ0n) is 7.85. The highest BCUT2D eigenvalue weighted by molar-refractivity contribution is 7.91. The number of rotatable bonds is 2. The van der Waals surface area contributed by atoms with Gasteiger partial charge in [-0.3, -0.25) is 0 Å². The molecule has 0 aromatic rings. The number of ether oxygens (including phenoxy) is 1. The molecule has 0 radical (unpaired) electrons. The Kier molecular flexibility index (Phi) is 2.79. The van der Waals surface area contributed by atoms with Gasteiger partial charge in [0.2, 0.25) is 0 Å². The molecule has 82 valence electrons. The van der Waals surface area contributed by atoms with Crippen molar-refractivity contribution in [2.45, 2.75) is 24.6 Å². The maximum absolute atomic E-state index is 11.2. The van der Waals surface area contributed by atoms with Gasteiger partial charge >= 0.3 is 0 Å². The van der Waals surface area contributed by atoms with E-state index in [1.807, 2.05) is 0 Å². The van der Waals surface area contributed by atoms with Crippen molar-refractivity contribution in [3.05, 3.63) is 0 Å². The van der Waals surface area contributed by atoms with E-state index in [2.05, 4.69) is 5.32 Å². The Bertz CT molecular complexity index is 296. The second kappa shape index (κ2) is 3.77. The largest absolute Gasteiger partial charge is 0.390 e. The minimum atomic E-state index is -3.04. The Morgan fingerprint density at radius 3 is 2.64 bits per heavy atom. The molecule has 0 aliphatic carbocycles. The average Bonchev–Trinajstić information content (AvgIpc) is 2.61. The molecule has 2 rings (SSSR count). The molecule has 0 aromatic carbocycles. The lowest BCUT2D eigenvalue weighted by molar-refractivity contribution is 0.150. The summed E-state index contributed by atoms with van der Waals surface area (Å²) in [5.74, 6) is -0.0666. The smallest absolute Gasteiger partial charge is 0.154 e. The van der Waals surface area contributed by atoms with Gasteiger partial charge in [0.05, 0.1) is 24.2 Å². The summed E-state index contributed by atoms with van der Waals surface area (Å²) in [6, 6.07) is -0.116. The third-order valence-electron chi connectivity index (χ3n) is 2.70. The van der Waals surface area contributed by atoms with Gasteiger partial charge in [-0.25, -0.2) is 8.42 Å². The molecular formula is C8H15NO4S. The van der Waals surface area contributed by atoms with E-state index in [-0.39, 0.29) is 23.6 Å². The molecule has 0 bridgehead atoms. The van der Waals surface area contributed by atoms with Gasteiger partial charge in [0, 0.05) is 18.7 Å². The van der Waals surface area contributed by atoms with E-state index in [0.717, 1.165) is 6.42 Å². The normalized spacial score (nSPS) is 41.6. The first kappa shape index (κ1) is 10.4. The number of nitrogens with one attached hydrogen (secondary N) is 1. The Labute approximate surface area is 83.4 Å². The molecule has 0 aromatic heterocycles. The summed E-state index contributed by atoms with van der Waals surface area (Å²) in [6.07, 6.45) is 0.129. The lowest BCUT2D eigenvalue weighted by atomic mass is 10.1. The average molecular weight is 221 g/mol. The van der Waals surface area contributed by atoms with E-state index in [0.29, 0.717) is 13.2 Å². The molecule has 2 saturated heterocycles. The first-order valence-electron chi connectivity index (χ1n) is 4.79. The van der Waals surface area contributed by atoms with Gasteiger partial charge in [-0.1, -0.05) is 0 Å². The minimum Gasteiger partial charge on any atom is -0.390 e. The van der Waals surface area contributed by atoms with E-state index in [4.69, 9.17) is 4.74 Å². The number of hydrogen-bond donors (Lipinski definition) is 2. The van der Waals surface area contributed by atoms with Gasteiger partial charge in [-0.05, 0) is 6.42 Å². The molecule has 5 nitrogen and oxygen atoms in total. The van der Waals surface area contributed by atoms with E-state index >= 15 is 0 Å². The molecule has 3 unspecified atom stereocenters. The Balaban J connectivity index is 1.92. The number of sulfone groups is 1. The molecule has 2 heterocycles. The van der Waals surface area contributed by atoms with Crippen LogP contribution in [-0.2, 0) is 14.6 Å². The summed E-state index contributed by atoms with van der Waals surface area (Å²) >= 11 is 0. The molecule has 2 aliphatic rings. The maximum Gasteiger partial charge on any atom is 0.154 e. The Morgan fingerprint density at radius 2 is 2.14 bits per heavy atom. The molecule has 3 atom stereocenters. The third-order valence-corrected chi connectivity index (χ3v) is 4.42.